The van der Waals surface area contributed by atoms with Gasteiger partial charge in [0.1, 0.15) is 6.61 Å². The zero-order valence-corrected chi connectivity index (χ0v) is 31.0. The SMILES string of the molecule is CC(C)P(O)OCCCCCCCNC(=O)CCCCc1cc(O)c(O)c(SCCC(=O)NCCCCCCO[P+](=O)C(C)C)c1. The third-order valence-electron chi connectivity index (χ3n) is 7.16. The highest BCUT2D eigenvalue weighted by molar-refractivity contribution is 7.99. The minimum atomic E-state index is -1.58. The summed E-state index contributed by atoms with van der Waals surface area (Å²) in [5, 5.41) is 26.4. The number of carbonyl (C=O) groups excluding carboxylic acids is 2. The van der Waals surface area contributed by atoms with Crippen molar-refractivity contribution in [2.75, 3.05) is 32.1 Å². The lowest BCUT2D eigenvalue weighted by atomic mass is 10.1. The van der Waals surface area contributed by atoms with Crippen molar-refractivity contribution in [3.8, 4) is 11.5 Å². The van der Waals surface area contributed by atoms with Crippen LogP contribution in [0.1, 0.15) is 117 Å². The van der Waals surface area contributed by atoms with Gasteiger partial charge in [-0.2, -0.15) is 0 Å². The number of thioether (sulfide) groups is 1. The second-order valence-electron chi connectivity index (χ2n) is 12.1. The van der Waals surface area contributed by atoms with Gasteiger partial charge in [0.25, 0.3) is 0 Å². The van der Waals surface area contributed by atoms with Crippen LogP contribution in [0, 0.1) is 0 Å². The van der Waals surface area contributed by atoms with Gasteiger partial charge < -0.3 is 30.3 Å². The number of nitrogens with one attached hydrogen (secondary N) is 2. The normalized spacial score (nSPS) is 12.5. The van der Waals surface area contributed by atoms with E-state index in [4.69, 9.17) is 9.05 Å². The van der Waals surface area contributed by atoms with Crippen LogP contribution in [0.4, 0.5) is 0 Å². The first-order chi connectivity index (χ1) is 22.0. The molecule has 0 saturated heterocycles. The molecular formula is C33H59N2O8P2S+. The van der Waals surface area contributed by atoms with E-state index in [0.717, 1.165) is 76.2 Å². The minimum absolute atomic E-state index is 0.0415. The molecule has 0 fully saturated rings. The van der Waals surface area contributed by atoms with Gasteiger partial charge in [-0.25, -0.2) is 0 Å². The maximum atomic E-state index is 12.2. The van der Waals surface area contributed by atoms with Gasteiger partial charge >= 0.3 is 8.03 Å². The van der Waals surface area contributed by atoms with Crippen molar-refractivity contribution in [1.82, 2.24) is 10.6 Å². The Morgan fingerprint density at radius 2 is 1.41 bits per heavy atom. The molecule has 46 heavy (non-hydrogen) atoms. The third kappa shape index (κ3) is 21.4. The van der Waals surface area contributed by atoms with Crippen LogP contribution in [-0.2, 0) is 29.6 Å². The van der Waals surface area contributed by atoms with Crippen molar-refractivity contribution >= 4 is 40.0 Å². The summed E-state index contributed by atoms with van der Waals surface area (Å²) in [6, 6.07) is 3.40. The van der Waals surface area contributed by atoms with Crippen molar-refractivity contribution < 1.29 is 38.3 Å². The Hall–Kier alpha value is -1.48. The molecule has 0 saturated carbocycles. The van der Waals surface area contributed by atoms with Crippen molar-refractivity contribution in [2.45, 2.75) is 134 Å². The summed E-state index contributed by atoms with van der Waals surface area (Å²) in [6.07, 6.45) is 11.7. The molecule has 13 heteroatoms. The van der Waals surface area contributed by atoms with Gasteiger partial charge in [-0.1, -0.05) is 46.0 Å². The monoisotopic (exact) mass is 705 g/mol. The fourth-order valence-corrected chi connectivity index (χ4v) is 6.56. The Morgan fingerprint density at radius 3 is 2.04 bits per heavy atom. The number of hydrogen-bond donors (Lipinski definition) is 5. The predicted molar refractivity (Wildman–Crippen MR) is 189 cm³/mol. The zero-order chi connectivity index (χ0) is 34.2. The number of phenols is 2. The number of amides is 2. The molecule has 0 aliphatic carbocycles. The summed E-state index contributed by atoms with van der Waals surface area (Å²) in [4.78, 5) is 34.6. The van der Waals surface area contributed by atoms with Crippen molar-refractivity contribution in [3.05, 3.63) is 17.7 Å². The fraction of sp³-hybridized carbons (Fsp3) is 0.758. The average molecular weight is 706 g/mol. The van der Waals surface area contributed by atoms with Crippen LogP contribution in [0.2, 0.25) is 0 Å². The molecule has 0 bridgehead atoms. The lowest BCUT2D eigenvalue weighted by Gasteiger charge is -2.13. The quantitative estimate of drug-likeness (QED) is 0.0253. The topological polar surface area (TPSA) is 154 Å². The number of phenolic OH excluding ortho intramolecular Hbond substituents is 2. The minimum Gasteiger partial charge on any atom is -0.504 e. The van der Waals surface area contributed by atoms with E-state index < -0.39 is 16.4 Å². The summed E-state index contributed by atoms with van der Waals surface area (Å²) in [5.74, 6) is 0.130. The molecule has 264 valence electrons. The van der Waals surface area contributed by atoms with Crippen molar-refractivity contribution in [3.63, 3.8) is 0 Å². The van der Waals surface area contributed by atoms with Gasteiger partial charge in [0.2, 0.25) is 11.8 Å². The highest BCUT2D eigenvalue weighted by atomic mass is 32.2. The van der Waals surface area contributed by atoms with Crippen molar-refractivity contribution in [1.29, 1.82) is 0 Å². The van der Waals surface area contributed by atoms with Gasteiger partial charge in [0, 0.05) is 37.3 Å². The number of carbonyl (C=O) groups is 2. The molecule has 0 radical (unpaired) electrons. The average Bonchev–Trinajstić information content (AvgIpc) is 3.01. The first kappa shape index (κ1) is 42.5. The number of benzene rings is 1. The van der Waals surface area contributed by atoms with E-state index in [1.54, 1.807) is 6.07 Å². The van der Waals surface area contributed by atoms with Crippen LogP contribution in [0.3, 0.4) is 0 Å². The van der Waals surface area contributed by atoms with Gasteiger partial charge in [-0.05, 0) is 81.1 Å². The fourth-order valence-electron chi connectivity index (χ4n) is 4.35. The molecule has 2 unspecified atom stereocenters. The van der Waals surface area contributed by atoms with Crippen LogP contribution in [0.5, 0.6) is 11.5 Å². The van der Waals surface area contributed by atoms with Gasteiger partial charge in [-0.15, -0.1) is 16.3 Å². The predicted octanol–water partition coefficient (Wildman–Crippen LogP) is 7.93. The van der Waals surface area contributed by atoms with Crippen LogP contribution in [0.25, 0.3) is 0 Å². The standard InChI is InChI=1S/C33H58N2O8P2S/c1-26(2)44(40)42-21-14-8-5-6-12-19-34-31(37)17-11-10-16-28-24-29(36)33(39)30(25-28)46-23-18-32(38)35-20-13-7-9-15-22-43-45(41)27(3)4/h24-27,40H,5-23H2,1-4H3,(H3-,34,35,36,37,38,39)/p+1. The number of rotatable bonds is 28. The summed E-state index contributed by atoms with van der Waals surface area (Å²) in [5.41, 5.74) is 1.10. The number of hydrogen-bond acceptors (Lipinski definition) is 9. The number of unbranched alkanes of at least 4 members (excludes halogenated alkanes) is 8. The molecule has 0 aromatic heterocycles. The second-order valence-corrected chi connectivity index (χ2v) is 17.0. The van der Waals surface area contributed by atoms with Crippen LogP contribution < -0.4 is 10.6 Å². The summed E-state index contributed by atoms with van der Waals surface area (Å²) >= 11 is 1.34. The molecule has 0 aliphatic rings. The largest absolute Gasteiger partial charge is 0.510 e. The maximum Gasteiger partial charge on any atom is 0.510 e. The lowest BCUT2D eigenvalue weighted by molar-refractivity contribution is -0.121. The van der Waals surface area contributed by atoms with E-state index in [-0.39, 0.29) is 34.6 Å². The molecule has 1 aromatic rings. The zero-order valence-electron chi connectivity index (χ0n) is 28.4. The molecule has 10 nitrogen and oxygen atoms in total. The van der Waals surface area contributed by atoms with Crippen LogP contribution in [0.15, 0.2) is 17.0 Å². The maximum absolute atomic E-state index is 12.2. The Morgan fingerprint density at radius 1 is 0.826 bits per heavy atom. The van der Waals surface area contributed by atoms with Gasteiger partial charge in [-0.3, -0.25) is 9.59 Å². The molecule has 0 heterocycles. The van der Waals surface area contributed by atoms with Gasteiger partial charge in [0.15, 0.2) is 25.5 Å². The third-order valence-corrected chi connectivity index (χ3v) is 10.8. The smallest absolute Gasteiger partial charge is 0.504 e. The van der Waals surface area contributed by atoms with Crippen molar-refractivity contribution in [2.24, 2.45) is 0 Å². The summed E-state index contributed by atoms with van der Waals surface area (Å²) < 4.78 is 22.3. The van der Waals surface area contributed by atoms with E-state index in [1.807, 2.05) is 33.8 Å². The second kappa shape index (κ2) is 26.5. The highest BCUT2D eigenvalue weighted by Gasteiger charge is 2.22. The van der Waals surface area contributed by atoms with Gasteiger partial charge in [0.05, 0.1) is 11.5 Å². The molecule has 5 N–H and O–H groups in total. The lowest BCUT2D eigenvalue weighted by Crippen LogP contribution is -2.24. The van der Waals surface area contributed by atoms with Crippen LogP contribution in [-0.4, -0.2) is 70.3 Å². The molecular weight excluding hydrogens is 646 g/mol. The summed E-state index contributed by atoms with van der Waals surface area (Å²) in [7, 11) is -2.88. The molecule has 2 atom stereocenters. The number of aryl methyl sites for hydroxylation is 1. The molecule has 1 rings (SSSR count). The summed E-state index contributed by atoms with van der Waals surface area (Å²) in [6.45, 7) is 10.1. The highest BCUT2D eigenvalue weighted by Crippen LogP contribution is 2.38. The molecule has 2 amide bonds. The Balaban J connectivity index is 2.14. The van der Waals surface area contributed by atoms with E-state index in [2.05, 4.69) is 10.6 Å². The van der Waals surface area contributed by atoms with Crippen LogP contribution >= 0.6 is 28.2 Å². The Bertz CT molecular complexity index is 1020. The first-order valence-electron chi connectivity index (χ1n) is 16.9. The van der Waals surface area contributed by atoms with E-state index in [0.29, 0.717) is 56.2 Å². The molecule has 1 aromatic carbocycles. The van der Waals surface area contributed by atoms with E-state index in [9.17, 15) is 29.3 Å². The Labute approximate surface area is 283 Å². The molecule has 0 spiro atoms. The first-order valence-corrected chi connectivity index (χ1v) is 20.4. The number of aromatic hydroxyl groups is 2. The van der Waals surface area contributed by atoms with E-state index in [1.165, 1.54) is 11.8 Å². The molecule has 0 aliphatic heterocycles. The van der Waals surface area contributed by atoms with E-state index >= 15 is 0 Å². The Kier molecular flexibility index (Phi) is 24.5.